The van der Waals surface area contributed by atoms with E-state index in [2.05, 4.69) is 38.8 Å². The zero-order valence-electron chi connectivity index (χ0n) is 8.92. The largest absolute Gasteiger partial charge is 0.374 e. The van der Waals surface area contributed by atoms with E-state index in [0.717, 1.165) is 18.4 Å². The summed E-state index contributed by atoms with van der Waals surface area (Å²) < 4.78 is 19.4. The number of ether oxygens (including phenoxy) is 1. The molecule has 1 fully saturated rings. The molecule has 0 bridgehead atoms. The van der Waals surface area contributed by atoms with Crippen LogP contribution in [0.4, 0.5) is 4.39 Å². The molecule has 1 aromatic carbocycles. The van der Waals surface area contributed by atoms with E-state index in [1.807, 2.05) is 0 Å². The molecule has 1 nitrogen and oxygen atoms in total. The Morgan fingerprint density at radius 2 is 2.19 bits per heavy atom. The van der Waals surface area contributed by atoms with Crippen LogP contribution in [0, 0.1) is 5.82 Å². The molecule has 0 amide bonds. The predicted molar refractivity (Wildman–Crippen MR) is 69.3 cm³/mol. The summed E-state index contributed by atoms with van der Waals surface area (Å²) in [5.74, 6) is -0.232. The maximum atomic E-state index is 13.1. The molecule has 1 saturated heterocycles. The quantitative estimate of drug-likeness (QED) is 0.708. The lowest BCUT2D eigenvalue weighted by Crippen LogP contribution is -2.14. The fourth-order valence-electron chi connectivity index (χ4n) is 1.95. The summed E-state index contributed by atoms with van der Waals surface area (Å²) >= 11 is 6.83. The Kier molecular flexibility index (Phi) is 4.03. The Morgan fingerprint density at radius 1 is 1.44 bits per heavy atom. The van der Waals surface area contributed by atoms with Crippen molar-refractivity contribution in [3.8, 4) is 0 Å². The van der Waals surface area contributed by atoms with Gasteiger partial charge in [0.1, 0.15) is 5.82 Å². The number of halogens is 3. The highest BCUT2D eigenvalue weighted by molar-refractivity contribution is 9.10. The molecule has 88 valence electrons. The van der Waals surface area contributed by atoms with Crippen molar-refractivity contribution in [2.75, 3.05) is 0 Å². The third kappa shape index (κ3) is 2.66. The second kappa shape index (κ2) is 5.15. The van der Waals surface area contributed by atoms with Crippen molar-refractivity contribution in [2.45, 2.75) is 36.8 Å². The van der Waals surface area contributed by atoms with Crippen LogP contribution in [-0.4, -0.2) is 12.2 Å². The van der Waals surface area contributed by atoms with Crippen LogP contribution in [-0.2, 0) is 4.74 Å². The SMILES string of the molecule is CC1CCC(C(Br)c2ccc(F)c(Br)c2)O1. The van der Waals surface area contributed by atoms with Crippen molar-refractivity contribution in [3.05, 3.63) is 34.1 Å². The van der Waals surface area contributed by atoms with Gasteiger partial charge in [0.05, 0.1) is 21.5 Å². The van der Waals surface area contributed by atoms with Gasteiger partial charge in [-0.25, -0.2) is 4.39 Å². The minimum Gasteiger partial charge on any atom is -0.374 e. The zero-order valence-corrected chi connectivity index (χ0v) is 12.1. The average molecular weight is 352 g/mol. The van der Waals surface area contributed by atoms with Gasteiger partial charge in [0.15, 0.2) is 0 Å². The van der Waals surface area contributed by atoms with Crippen molar-refractivity contribution in [1.82, 2.24) is 0 Å². The summed E-state index contributed by atoms with van der Waals surface area (Å²) in [6.07, 6.45) is 2.66. The van der Waals surface area contributed by atoms with Gasteiger partial charge >= 0.3 is 0 Å². The molecule has 1 heterocycles. The molecule has 0 radical (unpaired) electrons. The van der Waals surface area contributed by atoms with E-state index < -0.39 is 0 Å². The smallest absolute Gasteiger partial charge is 0.137 e. The van der Waals surface area contributed by atoms with Crippen LogP contribution in [0.15, 0.2) is 22.7 Å². The molecule has 1 aliphatic rings. The molecule has 1 aromatic rings. The van der Waals surface area contributed by atoms with Gasteiger partial charge in [0.2, 0.25) is 0 Å². The van der Waals surface area contributed by atoms with Crippen LogP contribution in [0.5, 0.6) is 0 Å². The van der Waals surface area contributed by atoms with Gasteiger partial charge in [-0.2, -0.15) is 0 Å². The summed E-state index contributed by atoms with van der Waals surface area (Å²) in [4.78, 5) is 0.134. The minimum atomic E-state index is -0.232. The van der Waals surface area contributed by atoms with Crippen LogP contribution in [0.3, 0.4) is 0 Å². The molecule has 1 aliphatic heterocycles. The highest BCUT2D eigenvalue weighted by Gasteiger charge is 2.29. The molecule has 0 aromatic heterocycles. The number of alkyl halides is 1. The second-order valence-corrected chi connectivity index (χ2v) is 5.98. The summed E-state index contributed by atoms with van der Waals surface area (Å²) in [7, 11) is 0. The Labute approximate surface area is 112 Å². The Bertz CT molecular complexity index is 383. The van der Waals surface area contributed by atoms with Crippen molar-refractivity contribution >= 4 is 31.9 Å². The lowest BCUT2D eigenvalue weighted by Gasteiger charge is -2.18. The van der Waals surface area contributed by atoms with Crippen molar-refractivity contribution in [3.63, 3.8) is 0 Å². The first kappa shape index (κ1) is 12.5. The number of rotatable bonds is 2. The Balaban J connectivity index is 2.14. The van der Waals surface area contributed by atoms with Gasteiger partial charge in [-0.1, -0.05) is 22.0 Å². The first-order valence-corrected chi connectivity index (χ1v) is 7.03. The van der Waals surface area contributed by atoms with Crippen LogP contribution < -0.4 is 0 Å². The van der Waals surface area contributed by atoms with E-state index in [1.54, 1.807) is 12.1 Å². The summed E-state index contributed by atoms with van der Waals surface area (Å²) in [5, 5.41) is 0. The zero-order chi connectivity index (χ0) is 11.7. The lowest BCUT2D eigenvalue weighted by molar-refractivity contribution is 0.0556. The predicted octanol–water partition coefficient (Wildman–Crippen LogP) is 4.59. The summed E-state index contributed by atoms with van der Waals surface area (Å²) in [6.45, 7) is 2.08. The molecule has 2 rings (SSSR count). The normalized spacial score (nSPS) is 27.0. The topological polar surface area (TPSA) is 9.23 Å². The molecule has 3 atom stereocenters. The van der Waals surface area contributed by atoms with Gasteiger partial charge in [0, 0.05) is 0 Å². The Morgan fingerprint density at radius 3 is 2.75 bits per heavy atom. The van der Waals surface area contributed by atoms with Gasteiger partial charge in [-0.05, 0) is 53.4 Å². The molecule has 4 heteroatoms. The van der Waals surface area contributed by atoms with E-state index >= 15 is 0 Å². The molecule has 3 unspecified atom stereocenters. The van der Waals surface area contributed by atoms with Crippen LogP contribution in [0.25, 0.3) is 0 Å². The minimum absolute atomic E-state index is 0.134. The molecular weight excluding hydrogens is 339 g/mol. The monoisotopic (exact) mass is 350 g/mol. The van der Waals surface area contributed by atoms with Gasteiger partial charge in [-0.15, -0.1) is 0 Å². The maximum Gasteiger partial charge on any atom is 0.137 e. The maximum absolute atomic E-state index is 13.1. The number of hydrogen-bond acceptors (Lipinski definition) is 1. The van der Waals surface area contributed by atoms with E-state index in [1.165, 1.54) is 6.07 Å². The van der Waals surface area contributed by atoms with E-state index in [0.29, 0.717) is 10.6 Å². The molecule has 0 aliphatic carbocycles. The number of hydrogen-bond donors (Lipinski definition) is 0. The van der Waals surface area contributed by atoms with E-state index in [4.69, 9.17) is 4.74 Å². The fraction of sp³-hybridized carbons (Fsp3) is 0.500. The summed E-state index contributed by atoms with van der Waals surface area (Å²) in [5.41, 5.74) is 1.05. The van der Waals surface area contributed by atoms with Gasteiger partial charge < -0.3 is 4.74 Å². The number of benzene rings is 1. The fourth-order valence-corrected chi connectivity index (χ4v) is 3.02. The third-order valence-corrected chi connectivity index (χ3v) is 4.58. The Hall–Kier alpha value is 0.0700. The first-order chi connectivity index (χ1) is 7.58. The van der Waals surface area contributed by atoms with Gasteiger partial charge in [0.25, 0.3) is 0 Å². The molecule has 0 saturated carbocycles. The lowest BCUT2D eigenvalue weighted by atomic mass is 10.1. The average Bonchev–Trinajstić information content (AvgIpc) is 2.68. The first-order valence-electron chi connectivity index (χ1n) is 5.32. The molecule has 0 N–H and O–H groups in total. The highest BCUT2D eigenvalue weighted by atomic mass is 79.9. The molecule has 0 spiro atoms. The van der Waals surface area contributed by atoms with E-state index in [-0.39, 0.29) is 16.7 Å². The second-order valence-electron chi connectivity index (χ2n) is 4.14. The molecular formula is C12H13Br2FO. The standard InChI is InChI=1S/C12H13Br2FO/c1-7-2-5-11(16-7)12(14)8-3-4-10(15)9(13)6-8/h3-4,6-7,11-12H,2,5H2,1H3. The van der Waals surface area contributed by atoms with Crippen LogP contribution in [0.1, 0.15) is 30.2 Å². The highest BCUT2D eigenvalue weighted by Crippen LogP contribution is 2.37. The van der Waals surface area contributed by atoms with Crippen molar-refractivity contribution in [1.29, 1.82) is 0 Å². The van der Waals surface area contributed by atoms with Crippen LogP contribution >= 0.6 is 31.9 Å². The van der Waals surface area contributed by atoms with Crippen molar-refractivity contribution < 1.29 is 9.13 Å². The molecule has 16 heavy (non-hydrogen) atoms. The van der Waals surface area contributed by atoms with E-state index in [9.17, 15) is 4.39 Å². The summed E-state index contributed by atoms with van der Waals surface area (Å²) in [6, 6.07) is 5.08. The third-order valence-electron chi connectivity index (χ3n) is 2.85. The van der Waals surface area contributed by atoms with Crippen molar-refractivity contribution in [2.24, 2.45) is 0 Å². The van der Waals surface area contributed by atoms with Crippen LogP contribution in [0.2, 0.25) is 0 Å². The van der Waals surface area contributed by atoms with Gasteiger partial charge in [-0.3, -0.25) is 0 Å².